The Morgan fingerprint density at radius 3 is 2.81 bits per heavy atom. The van der Waals surface area contributed by atoms with E-state index in [2.05, 4.69) is 14.7 Å². The van der Waals surface area contributed by atoms with E-state index in [0.29, 0.717) is 15.6 Å². The minimum Gasteiger partial charge on any atom is -0.480 e. The molecule has 1 unspecified atom stereocenters. The number of hydrogen-bond acceptors (Lipinski definition) is 5. The lowest BCUT2D eigenvalue weighted by Gasteiger charge is -2.13. The second-order valence-corrected chi connectivity index (χ2v) is 7.91. The van der Waals surface area contributed by atoms with Gasteiger partial charge < -0.3 is 10.1 Å². The lowest BCUT2D eigenvalue weighted by molar-refractivity contribution is -0.138. The van der Waals surface area contributed by atoms with Crippen molar-refractivity contribution in [3.05, 3.63) is 34.2 Å². The van der Waals surface area contributed by atoms with E-state index in [1.54, 1.807) is 6.92 Å². The maximum Gasteiger partial charge on any atom is 0.322 e. The summed E-state index contributed by atoms with van der Waals surface area (Å²) in [6, 6.07) is 0.112. The Balaban J connectivity index is 2.21. The fourth-order valence-corrected chi connectivity index (χ4v) is 4.52. The molecule has 0 radical (unpaired) electrons. The summed E-state index contributed by atoms with van der Waals surface area (Å²) in [4.78, 5) is 17.7. The van der Waals surface area contributed by atoms with E-state index >= 15 is 0 Å². The maximum absolute atomic E-state index is 12.2. The van der Waals surface area contributed by atoms with Crippen LogP contribution in [0.25, 0.3) is 0 Å². The van der Waals surface area contributed by atoms with Gasteiger partial charge >= 0.3 is 5.97 Å². The molecule has 2 aromatic heterocycles. The summed E-state index contributed by atoms with van der Waals surface area (Å²) >= 11 is 6.73. The molecule has 7 nitrogen and oxygen atoms in total. The number of nitrogens with zero attached hydrogens (tertiary/aromatic N) is 1. The van der Waals surface area contributed by atoms with Crippen molar-refractivity contribution >= 4 is 38.9 Å². The number of thiophene rings is 1. The number of halogens is 1. The lowest BCUT2D eigenvalue weighted by atomic mass is 10.2. The highest BCUT2D eigenvalue weighted by molar-refractivity contribution is 7.91. The summed E-state index contributed by atoms with van der Waals surface area (Å²) in [5.74, 6) is -1.27. The molecule has 2 aromatic rings. The number of aromatic nitrogens is 2. The van der Waals surface area contributed by atoms with Crippen LogP contribution in [0.3, 0.4) is 0 Å². The quantitative estimate of drug-likeness (QED) is 0.729. The van der Waals surface area contributed by atoms with E-state index in [1.807, 2.05) is 0 Å². The van der Waals surface area contributed by atoms with Gasteiger partial charge in [-0.1, -0.05) is 11.6 Å². The predicted octanol–water partition coefficient (Wildman–Crippen LogP) is 1.41. The maximum atomic E-state index is 12.2. The molecule has 0 fully saturated rings. The smallest absolute Gasteiger partial charge is 0.322 e. The van der Waals surface area contributed by atoms with Gasteiger partial charge in [0.15, 0.2) is 0 Å². The molecule has 0 aliphatic heterocycles. The third-order valence-electron chi connectivity index (χ3n) is 2.67. The first-order valence-corrected chi connectivity index (χ1v) is 8.45. The second kappa shape index (κ2) is 6.14. The van der Waals surface area contributed by atoms with Gasteiger partial charge in [-0.2, -0.15) is 4.72 Å². The van der Waals surface area contributed by atoms with Gasteiger partial charge in [-0.25, -0.2) is 13.4 Å². The van der Waals surface area contributed by atoms with Gasteiger partial charge in [0.05, 0.1) is 10.7 Å². The normalized spacial score (nSPS) is 13.2. The number of sulfonamides is 1. The topological polar surface area (TPSA) is 112 Å². The molecular weight excluding hydrogens is 338 g/mol. The Hall–Kier alpha value is -1.42. The molecule has 3 N–H and O–H groups in total. The highest BCUT2D eigenvalue weighted by Crippen LogP contribution is 2.30. The van der Waals surface area contributed by atoms with Crippen LogP contribution < -0.4 is 4.72 Å². The van der Waals surface area contributed by atoms with Crippen LogP contribution in [-0.4, -0.2) is 35.5 Å². The largest absolute Gasteiger partial charge is 0.480 e. The van der Waals surface area contributed by atoms with Crippen LogP contribution in [0.1, 0.15) is 11.3 Å². The zero-order valence-corrected chi connectivity index (χ0v) is 13.2. The Morgan fingerprint density at radius 1 is 1.62 bits per heavy atom. The third-order valence-corrected chi connectivity index (χ3v) is 6.17. The van der Waals surface area contributed by atoms with E-state index in [1.165, 1.54) is 18.6 Å². The van der Waals surface area contributed by atoms with Crippen molar-refractivity contribution in [1.29, 1.82) is 0 Å². The fraction of sp³-hybridized carbons (Fsp3) is 0.273. The van der Waals surface area contributed by atoms with Crippen LogP contribution in [0.5, 0.6) is 0 Å². The van der Waals surface area contributed by atoms with Crippen LogP contribution in [0, 0.1) is 6.92 Å². The minimum absolute atomic E-state index is 0.0131. The van der Waals surface area contributed by atoms with E-state index in [-0.39, 0.29) is 10.6 Å². The highest BCUT2D eigenvalue weighted by atomic mass is 35.5. The molecule has 0 aromatic carbocycles. The molecule has 0 bridgehead atoms. The van der Waals surface area contributed by atoms with Crippen LogP contribution >= 0.6 is 22.9 Å². The number of carbonyl (C=O) groups is 1. The van der Waals surface area contributed by atoms with Gasteiger partial charge in [-0.05, 0) is 18.6 Å². The average Bonchev–Trinajstić information content (AvgIpc) is 3.00. The number of rotatable bonds is 6. The number of H-pyrrole nitrogens is 1. The molecule has 21 heavy (non-hydrogen) atoms. The first-order valence-electron chi connectivity index (χ1n) is 5.78. The van der Waals surface area contributed by atoms with Crippen molar-refractivity contribution in [3.63, 3.8) is 0 Å². The Labute approximate surface area is 130 Å². The van der Waals surface area contributed by atoms with Crippen LogP contribution in [0.15, 0.2) is 22.8 Å². The van der Waals surface area contributed by atoms with Crippen LogP contribution in [-0.2, 0) is 21.2 Å². The number of carboxylic acids is 1. The molecule has 0 spiro atoms. The third kappa shape index (κ3) is 3.82. The van der Waals surface area contributed by atoms with Crippen molar-refractivity contribution in [3.8, 4) is 0 Å². The molecule has 2 rings (SSSR count). The van der Waals surface area contributed by atoms with E-state index < -0.39 is 22.0 Å². The van der Waals surface area contributed by atoms with Gasteiger partial charge in [0.25, 0.3) is 10.0 Å². The molecule has 0 amide bonds. The number of aliphatic carboxylic acids is 1. The van der Waals surface area contributed by atoms with Crippen molar-refractivity contribution in [2.24, 2.45) is 0 Å². The van der Waals surface area contributed by atoms with Gasteiger partial charge in [0.1, 0.15) is 10.3 Å². The first kappa shape index (κ1) is 16.0. The molecule has 0 saturated heterocycles. The van der Waals surface area contributed by atoms with E-state index in [9.17, 15) is 13.2 Å². The van der Waals surface area contributed by atoms with E-state index in [0.717, 1.165) is 11.3 Å². The number of nitrogens with one attached hydrogen (secondary N) is 2. The van der Waals surface area contributed by atoms with Gasteiger partial charge in [0.2, 0.25) is 0 Å². The number of aryl methyl sites for hydroxylation is 1. The highest BCUT2D eigenvalue weighted by Gasteiger charge is 2.27. The van der Waals surface area contributed by atoms with Crippen LogP contribution in [0.2, 0.25) is 4.34 Å². The molecule has 0 saturated carbocycles. The molecule has 0 aliphatic carbocycles. The molecule has 2 heterocycles. The van der Waals surface area contributed by atoms with E-state index in [4.69, 9.17) is 16.7 Å². The monoisotopic (exact) mass is 349 g/mol. The number of carboxylic acid groups (broad SMARTS) is 1. The summed E-state index contributed by atoms with van der Waals surface area (Å²) in [5.41, 5.74) is 1.15. The standard InChI is InChI=1S/C11H12ClN3O4S2/c1-6-2-9(20-10(6)12)21(18,19)15-8(11(16)17)3-7-4-13-5-14-7/h2,4-5,8,15H,3H2,1H3,(H,13,14)(H,16,17). The first-order chi connectivity index (χ1) is 9.79. The lowest BCUT2D eigenvalue weighted by Crippen LogP contribution is -2.42. The number of imidazole rings is 1. The molecule has 0 aliphatic rings. The Morgan fingerprint density at radius 2 is 2.33 bits per heavy atom. The predicted molar refractivity (Wildman–Crippen MR) is 78.1 cm³/mol. The molecule has 10 heteroatoms. The number of hydrogen-bond donors (Lipinski definition) is 3. The molecule has 1 atom stereocenters. The summed E-state index contributed by atoms with van der Waals surface area (Å²) < 4.78 is 26.9. The SMILES string of the molecule is Cc1cc(S(=O)(=O)NC(Cc2cnc[nH]2)C(=O)O)sc1Cl. The minimum atomic E-state index is -3.94. The van der Waals surface area contributed by atoms with Crippen molar-refractivity contribution in [2.45, 2.75) is 23.6 Å². The van der Waals surface area contributed by atoms with Gasteiger partial charge in [-0.3, -0.25) is 4.79 Å². The van der Waals surface area contributed by atoms with Crippen LogP contribution in [0.4, 0.5) is 0 Å². The molecule has 114 valence electrons. The average molecular weight is 350 g/mol. The zero-order valence-electron chi connectivity index (χ0n) is 10.8. The summed E-state index contributed by atoms with van der Waals surface area (Å²) in [6.07, 6.45) is 2.80. The van der Waals surface area contributed by atoms with Crippen molar-refractivity contribution in [1.82, 2.24) is 14.7 Å². The Kier molecular flexibility index (Phi) is 4.67. The Bertz CT molecular complexity index is 720. The van der Waals surface area contributed by atoms with Gasteiger partial charge in [0, 0.05) is 18.3 Å². The summed E-state index contributed by atoms with van der Waals surface area (Å²) in [6.45, 7) is 1.68. The molecular formula is C11H12ClN3O4S2. The fourth-order valence-electron chi connectivity index (χ4n) is 1.61. The van der Waals surface area contributed by atoms with Crippen molar-refractivity contribution in [2.75, 3.05) is 0 Å². The number of aromatic amines is 1. The second-order valence-electron chi connectivity index (χ2n) is 4.32. The summed E-state index contributed by atoms with van der Waals surface area (Å²) in [7, 11) is -3.94. The van der Waals surface area contributed by atoms with Gasteiger partial charge in [-0.15, -0.1) is 11.3 Å². The summed E-state index contributed by atoms with van der Waals surface area (Å²) in [5, 5.41) is 9.16. The zero-order chi connectivity index (χ0) is 15.6. The van der Waals surface area contributed by atoms with Crippen molar-refractivity contribution < 1.29 is 18.3 Å².